The zero-order valence-corrected chi connectivity index (χ0v) is 17.1. The van der Waals surface area contributed by atoms with Gasteiger partial charge in [0.15, 0.2) is 0 Å². The maximum atomic E-state index is 13.4. The molecule has 3 rings (SSSR count). The van der Waals surface area contributed by atoms with Crippen molar-refractivity contribution >= 4 is 23.6 Å². The topological polar surface area (TPSA) is 49.4 Å². The van der Waals surface area contributed by atoms with Crippen molar-refractivity contribution in [1.82, 2.24) is 5.32 Å². The number of nitrogens with one attached hydrogen (secondary N) is 1. The van der Waals surface area contributed by atoms with Crippen molar-refractivity contribution in [3.63, 3.8) is 0 Å². The van der Waals surface area contributed by atoms with Crippen molar-refractivity contribution < 1.29 is 14.0 Å². The number of benzene rings is 2. The third-order valence-electron chi connectivity index (χ3n) is 5.41. The first-order valence-corrected chi connectivity index (χ1v) is 10.1. The number of carbonyl (C=O) groups excluding carboxylic acids is 2. The van der Waals surface area contributed by atoms with E-state index in [0.717, 1.165) is 17.7 Å². The summed E-state index contributed by atoms with van der Waals surface area (Å²) in [4.78, 5) is 27.5. The molecule has 0 radical (unpaired) electrons. The zero-order valence-electron chi connectivity index (χ0n) is 17.1. The summed E-state index contributed by atoms with van der Waals surface area (Å²) in [5.74, 6) is -0.811. The Bertz CT molecular complexity index is 925. The first-order valence-electron chi connectivity index (χ1n) is 10.1. The summed E-state index contributed by atoms with van der Waals surface area (Å²) < 4.78 is 13.4. The molecule has 0 saturated heterocycles. The van der Waals surface area contributed by atoms with Gasteiger partial charge in [0, 0.05) is 23.8 Å². The normalized spacial score (nSPS) is 19.7. The number of carbonyl (C=O) groups is 2. The Morgan fingerprint density at radius 1 is 1.24 bits per heavy atom. The van der Waals surface area contributed by atoms with Crippen LogP contribution in [0.15, 0.2) is 54.6 Å². The molecular formula is C24H27FN2O2. The molecule has 5 heteroatoms. The van der Waals surface area contributed by atoms with E-state index in [4.69, 9.17) is 0 Å². The molecule has 4 nitrogen and oxygen atoms in total. The van der Waals surface area contributed by atoms with Crippen LogP contribution in [0.4, 0.5) is 10.1 Å². The predicted octanol–water partition coefficient (Wildman–Crippen LogP) is 4.66. The third kappa shape index (κ3) is 4.73. The van der Waals surface area contributed by atoms with Gasteiger partial charge >= 0.3 is 0 Å². The third-order valence-corrected chi connectivity index (χ3v) is 5.41. The van der Waals surface area contributed by atoms with E-state index in [1.165, 1.54) is 18.2 Å². The molecule has 2 aromatic carbocycles. The summed E-state index contributed by atoms with van der Waals surface area (Å²) in [6.45, 7) is 5.98. The Hall–Kier alpha value is -2.95. The van der Waals surface area contributed by atoms with Crippen LogP contribution >= 0.6 is 0 Å². The predicted molar refractivity (Wildman–Crippen MR) is 114 cm³/mol. The zero-order chi connectivity index (χ0) is 21.0. The molecule has 0 aliphatic carbocycles. The van der Waals surface area contributed by atoms with Crippen molar-refractivity contribution in [2.75, 3.05) is 4.90 Å². The first kappa shape index (κ1) is 20.8. The Labute approximate surface area is 171 Å². The fraction of sp³-hybridized carbons (Fsp3) is 0.333. The summed E-state index contributed by atoms with van der Waals surface area (Å²) in [6.07, 6.45) is 4.49. The summed E-state index contributed by atoms with van der Waals surface area (Å²) in [5.41, 5.74) is 2.24. The number of rotatable bonds is 5. The molecular weight excluding hydrogens is 367 g/mol. The summed E-state index contributed by atoms with van der Waals surface area (Å²) in [5, 5.41) is 3.06. The number of amides is 2. The average Bonchev–Trinajstić information content (AvgIpc) is 2.71. The lowest BCUT2D eigenvalue weighted by atomic mass is 9.85. The van der Waals surface area contributed by atoms with E-state index < -0.39 is 0 Å². The Morgan fingerprint density at radius 2 is 2.00 bits per heavy atom. The van der Waals surface area contributed by atoms with Crippen LogP contribution in [0.3, 0.4) is 0 Å². The van der Waals surface area contributed by atoms with E-state index >= 15 is 0 Å². The van der Waals surface area contributed by atoms with Gasteiger partial charge in [-0.3, -0.25) is 9.59 Å². The smallest absolute Gasteiger partial charge is 0.251 e. The Kier molecular flexibility index (Phi) is 6.47. The Morgan fingerprint density at radius 3 is 2.72 bits per heavy atom. The van der Waals surface area contributed by atoms with Crippen LogP contribution in [-0.4, -0.2) is 23.9 Å². The molecule has 152 valence electrons. The van der Waals surface area contributed by atoms with Crippen LogP contribution < -0.4 is 10.2 Å². The number of fused-ring (bicyclic) bond motifs is 1. The molecule has 2 aromatic rings. The molecule has 1 heterocycles. The Balaban J connectivity index is 1.87. The monoisotopic (exact) mass is 394 g/mol. The maximum absolute atomic E-state index is 13.4. The largest absolute Gasteiger partial charge is 0.353 e. The van der Waals surface area contributed by atoms with Crippen LogP contribution in [0, 0.1) is 5.82 Å². The second kappa shape index (κ2) is 9.03. The second-order valence-corrected chi connectivity index (χ2v) is 7.61. The van der Waals surface area contributed by atoms with Gasteiger partial charge in [0.1, 0.15) is 5.82 Å². The molecule has 0 saturated carbocycles. The highest BCUT2D eigenvalue weighted by molar-refractivity contribution is 6.06. The lowest BCUT2D eigenvalue weighted by molar-refractivity contribution is -0.124. The van der Waals surface area contributed by atoms with Gasteiger partial charge in [0.05, 0.1) is 5.92 Å². The summed E-state index contributed by atoms with van der Waals surface area (Å²) in [7, 11) is 0. The van der Waals surface area contributed by atoms with Crippen LogP contribution in [0.5, 0.6) is 0 Å². The highest BCUT2D eigenvalue weighted by Crippen LogP contribution is 2.38. The minimum absolute atomic E-state index is 0.000974. The van der Waals surface area contributed by atoms with Crippen LogP contribution in [0.1, 0.15) is 50.7 Å². The number of anilines is 1. The number of hydrogen-bond donors (Lipinski definition) is 1. The average molecular weight is 394 g/mol. The molecule has 0 unspecified atom stereocenters. The van der Waals surface area contributed by atoms with Crippen molar-refractivity contribution in [2.24, 2.45) is 0 Å². The van der Waals surface area contributed by atoms with E-state index in [1.807, 2.05) is 45.0 Å². The van der Waals surface area contributed by atoms with Crippen molar-refractivity contribution in [1.29, 1.82) is 0 Å². The van der Waals surface area contributed by atoms with E-state index in [1.54, 1.807) is 23.1 Å². The highest BCUT2D eigenvalue weighted by Gasteiger charge is 2.36. The van der Waals surface area contributed by atoms with Gasteiger partial charge < -0.3 is 10.2 Å². The molecule has 0 aromatic heterocycles. The number of para-hydroxylation sites is 1. The summed E-state index contributed by atoms with van der Waals surface area (Å²) in [6, 6.07) is 13.6. The van der Waals surface area contributed by atoms with E-state index in [2.05, 4.69) is 5.32 Å². The van der Waals surface area contributed by atoms with Gasteiger partial charge in [0.25, 0.3) is 5.91 Å². The van der Waals surface area contributed by atoms with Gasteiger partial charge in [0.2, 0.25) is 5.91 Å². The summed E-state index contributed by atoms with van der Waals surface area (Å²) >= 11 is 0. The van der Waals surface area contributed by atoms with Crippen LogP contribution in [0.25, 0.3) is 6.08 Å². The van der Waals surface area contributed by atoms with Crippen LogP contribution in [-0.2, 0) is 9.59 Å². The van der Waals surface area contributed by atoms with Gasteiger partial charge in [-0.15, -0.1) is 0 Å². The lowest BCUT2D eigenvalue weighted by Gasteiger charge is -2.38. The van der Waals surface area contributed by atoms with Crippen LogP contribution in [0.2, 0.25) is 0 Å². The highest BCUT2D eigenvalue weighted by atomic mass is 19.1. The van der Waals surface area contributed by atoms with Gasteiger partial charge in [-0.05, 0) is 62.1 Å². The maximum Gasteiger partial charge on any atom is 0.251 e. The fourth-order valence-corrected chi connectivity index (χ4v) is 3.70. The van der Waals surface area contributed by atoms with Crippen molar-refractivity contribution in [3.8, 4) is 0 Å². The minimum Gasteiger partial charge on any atom is -0.353 e. The molecule has 3 atom stereocenters. The molecule has 1 aliphatic heterocycles. The van der Waals surface area contributed by atoms with Gasteiger partial charge in [-0.25, -0.2) is 4.39 Å². The fourth-order valence-electron chi connectivity index (χ4n) is 3.70. The van der Waals surface area contributed by atoms with Crippen molar-refractivity contribution in [3.05, 3.63) is 71.6 Å². The molecule has 2 amide bonds. The van der Waals surface area contributed by atoms with Gasteiger partial charge in [-0.2, -0.15) is 0 Å². The first-order chi connectivity index (χ1) is 13.9. The molecule has 0 spiro atoms. The molecule has 29 heavy (non-hydrogen) atoms. The molecule has 1 N–H and O–H groups in total. The second-order valence-electron chi connectivity index (χ2n) is 7.61. The van der Waals surface area contributed by atoms with E-state index in [9.17, 15) is 14.0 Å². The quantitative estimate of drug-likeness (QED) is 0.750. The minimum atomic E-state index is -0.341. The standard InChI is InChI=1S/C24H27FN2O2/c1-4-16(2)26-24(29)21-14-17(3)27(22-11-6-5-10-20(21)22)23(28)13-12-18-8-7-9-19(25)15-18/h5-13,15-17,21H,4,14H2,1-3H3,(H,26,29)/b13-12+/t16-,17-,21+/m0/s1. The molecule has 1 aliphatic rings. The number of hydrogen-bond acceptors (Lipinski definition) is 2. The lowest BCUT2D eigenvalue weighted by Crippen LogP contribution is -2.46. The van der Waals surface area contributed by atoms with E-state index in [0.29, 0.717) is 12.0 Å². The number of nitrogens with zero attached hydrogens (tertiary/aromatic N) is 1. The van der Waals surface area contributed by atoms with Crippen molar-refractivity contribution in [2.45, 2.75) is 51.6 Å². The number of halogens is 1. The molecule has 0 fully saturated rings. The molecule has 0 bridgehead atoms. The SMILES string of the molecule is CC[C@H](C)NC(=O)[C@@H]1C[C@H](C)N(C(=O)/C=C/c2cccc(F)c2)c2ccccc21. The van der Waals surface area contributed by atoms with E-state index in [-0.39, 0.29) is 35.6 Å². The van der Waals surface area contributed by atoms with Gasteiger partial charge in [-0.1, -0.05) is 37.3 Å².